The van der Waals surface area contributed by atoms with Crippen molar-refractivity contribution in [2.45, 2.75) is 19.4 Å². The molecule has 1 amide bonds. The molecule has 5 nitrogen and oxygen atoms in total. The third kappa shape index (κ3) is 2.45. The van der Waals surface area contributed by atoms with Crippen LogP contribution in [0, 0.1) is 0 Å². The quantitative estimate of drug-likeness (QED) is 0.746. The Kier molecular flexibility index (Phi) is 3.10. The highest BCUT2D eigenvalue weighted by Crippen LogP contribution is 2.28. The van der Waals surface area contributed by atoms with Gasteiger partial charge in [0.15, 0.2) is 5.78 Å². The number of ketones is 1. The van der Waals surface area contributed by atoms with E-state index in [0.717, 1.165) is 0 Å². The highest BCUT2D eigenvalue weighted by atomic mass is 16.5. The van der Waals surface area contributed by atoms with Gasteiger partial charge in [0, 0.05) is 5.56 Å². The molecule has 0 aromatic heterocycles. The average Bonchev–Trinajstić information content (AvgIpc) is 2.47. The molecule has 0 fully saturated rings. The maximum atomic E-state index is 11.7. The van der Waals surface area contributed by atoms with Gasteiger partial charge < -0.3 is 15.8 Å². The van der Waals surface area contributed by atoms with Crippen molar-refractivity contribution in [1.29, 1.82) is 0 Å². The molecule has 1 aromatic rings. The van der Waals surface area contributed by atoms with Crippen LogP contribution in [-0.2, 0) is 4.79 Å². The molecule has 2 rings (SSSR count). The summed E-state index contributed by atoms with van der Waals surface area (Å²) in [4.78, 5) is 23.1. The van der Waals surface area contributed by atoms with E-state index in [0.29, 0.717) is 30.0 Å². The molecule has 0 saturated carbocycles. The van der Waals surface area contributed by atoms with E-state index in [2.05, 4.69) is 5.32 Å². The lowest BCUT2D eigenvalue weighted by Crippen LogP contribution is -2.26. The van der Waals surface area contributed by atoms with Crippen molar-refractivity contribution in [2.75, 3.05) is 11.9 Å². The second-order valence-electron chi connectivity index (χ2n) is 4.01. The van der Waals surface area contributed by atoms with Crippen molar-refractivity contribution in [2.24, 2.45) is 5.73 Å². The van der Waals surface area contributed by atoms with Gasteiger partial charge in [-0.15, -0.1) is 0 Å². The molecule has 90 valence electrons. The Bertz CT molecular complexity index is 469. The van der Waals surface area contributed by atoms with Crippen LogP contribution < -0.4 is 15.8 Å². The summed E-state index contributed by atoms with van der Waals surface area (Å²) in [6.07, 6.45) is 0.311. The molecule has 0 bridgehead atoms. The van der Waals surface area contributed by atoms with E-state index in [-0.39, 0.29) is 11.7 Å². The maximum Gasteiger partial charge on any atom is 0.227 e. The fraction of sp³-hybridized carbons (Fsp3) is 0.333. The smallest absolute Gasteiger partial charge is 0.227 e. The number of carbonyl (C=O) groups excluding carboxylic acids is 2. The lowest BCUT2D eigenvalue weighted by atomic mass is 10.0. The number of amides is 1. The minimum absolute atomic E-state index is 0.117. The summed E-state index contributed by atoms with van der Waals surface area (Å²) >= 11 is 0. The van der Waals surface area contributed by atoms with E-state index in [1.165, 1.54) is 0 Å². The molecule has 1 aromatic carbocycles. The van der Waals surface area contributed by atoms with Crippen molar-refractivity contribution in [3.8, 4) is 5.75 Å². The van der Waals surface area contributed by atoms with Crippen molar-refractivity contribution in [3.05, 3.63) is 23.8 Å². The standard InChI is InChI=1S/C12H14N2O3/c1-7(13)12(16)8-2-3-10-9(6-8)14-11(15)4-5-17-10/h2-3,6-7H,4-5,13H2,1H3,(H,14,15). The lowest BCUT2D eigenvalue weighted by Gasteiger charge is -2.10. The first kappa shape index (κ1) is 11.6. The zero-order chi connectivity index (χ0) is 12.4. The number of nitrogens with two attached hydrogens (primary N) is 1. The van der Waals surface area contributed by atoms with Gasteiger partial charge in [-0.2, -0.15) is 0 Å². The molecule has 17 heavy (non-hydrogen) atoms. The number of benzene rings is 1. The number of Topliss-reactive ketones (excluding diaryl/α,β-unsaturated/α-hetero) is 1. The van der Waals surface area contributed by atoms with E-state index in [9.17, 15) is 9.59 Å². The molecule has 5 heteroatoms. The van der Waals surface area contributed by atoms with Crippen molar-refractivity contribution in [1.82, 2.24) is 0 Å². The van der Waals surface area contributed by atoms with E-state index in [4.69, 9.17) is 10.5 Å². The molecule has 0 spiro atoms. The third-order valence-corrected chi connectivity index (χ3v) is 2.54. The number of hydrogen-bond donors (Lipinski definition) is 2. The zero-order valence-electron chi connectivity index (χ0n) is 9.53. The predicted octanol–water partition coefficient (Wildman–Crippen LogP) is 0.938. The van der Waals surface area contributed by atoms with Gasteiger partial charge in [0.1, 0.15) is 5.75 Å². The van der Waals surface area contributed by atoms with Crippen LogP contribution in [0.3, 0.4) is 0 Å². The number of fused-ring (bicyclic) bond motifs is 1. The number of anilines is 1. The Morgan fingerprint density at radius 1 is 1.53 bits per heavy atom. The summed E-state index contributed by atoms with van der Waals surface area (Å²) in [6.45, 7) is 1.97. The second-order valence-corrected chi connectivity index (χ2v) is 4.01. The SMILES string of the molecule is CC(N)C(=O)c1ccc2c(c1)NC(=O)CCO2. The molecule has 0 saturated heterocycles. The Balaban J connectivity index is 2.35. The Hall–Kier alpha value is -1.88. The van der Waals surface area contributed by atoms with Crippen LogP contribution in [0.25, 0.3) is 0 Å². The zero-order valence-corrected chi connectivity index (χ0v) is 9.53. The summed E-state index contributed by atoms with van der Waals surface area (Å²) < 4.78 is 5.39. The number of ether oxygens (including phenoxy) is 1. The van der Waals surface area contributed by atoms with Gasteiger partial charge in [-0.1, -0.05) is 0 Å². The van der Waals surface area contributed by atoms with Gasteiger partial charge in [0.2, 0.25) is 5.91 Å². The van der Waals surface area contributed by atoms with Crippen LogP contribution >= 0.6 is 0 Å². The van der Waals surface area contributed by atoms with E-state index in [1.54, 1.807) is 25.1 Å². The number of carbonyl (C=O) groups is 2. The van der Waals surface area contributed by atoms with Crippen molar-refractivity contribution >= 4 is 17.4 Å². The van der Waals surface area contributed by atoms with Gasteiger partial charge in [-0.3, -0.25) is 9.59 Å². The number of rotatable bonds is 2. The number of hydrogen-bond acceptors (Lipinski definition) is 4. The largest absolute Gasteiger partial charge is 0.491 e. The van der Waals surface area contributed by atoms with Crippen LogP contribution in [0.1, 0.15) is 23.7 Å². The fourth-order valence-electron chi connectivity index (χ4n) is 1.64. The number of nitrogens with one attached hydrogen (secondary N) is 1. The average molecular weight is 234 g/mol. The molecule has 1 aliphatic rings. The minimum atomic E-state index is -0.560. The molecule has 1 heterocycles. The monoisotopic (exact) mass is 234 g/mol. The Morgan fingerprint density at radius 3 is 3.00 bits per heavy atom. The van der Waals surface area contributed by atoms with Crippen molar-refractivity contribution in [3.63, 3.8) is 0 Å². The maximum absolute atomic E-state index is 11.7. The molecule has 1 unspecified atom stereocenters. The topological polar surface area (TPSA) is 81.4 Å². The molecule has 0 radical (unpaired) electrons. The molecule has 1 atom stereocenters. The molecule has 0 aliphatic carbocycles. The van der Waals surface area contributed by atoms with Crippen LogP contribution in [-0.4, -0.2) is 24.3 Å². The molecular formula is C12H14N2O3. The first-order valence-corrected chi connectivity index (χ1v) is 5.44. The van der Waals surface area contributed by atoms with Gasteiger partial charge in [0.25, 0.3) is 0 Å². The van der Waals surface area contributed by atoms with E-state index in [1.807, 2.05) is 0 Å². The van der Waals surface area contributed by atoms with Crippen LogP contribution in [0.4, 0.5) is 5.69 Å². The highest BCUT2D eigenvalue weighted by molar-refractivity contribution is 6.02. The second kappa shape index (κ2) is 4.55. The van der Waals surface area contributed by atoms with Crippen molar-refractivity contribution < 1.29 is 14.3 Å². The Morgan fingerprint density at radius 2 is 2.29 bits per heavy atom. The van der Waals surface area contributed by atoms with Gasteiger partial charge in [-0.25, -0.2) is 0 Å². The summed E-state index contributed by atoms with van der Waals surface area (Å²) in [7, 11) is 0. The first-order valence-electron chi connectivity index (χ1n) is 5.44. The van der Waals surface area contributed by atoms with Gasteiger partial charge in [-0.05, 0) is 25.1 Å². The summed E-state index contributed by atoms with van der Waals surface area (Å²) in [6, 6.07) is 4.37. The highest BCUT2D eigenvalue weighted by Gasteiger charge is 2.17. The minimum Gasteiger partial charge on any atom is -0.491 e. The first-order chi connectivity index (χ1) is 8.08. The van der Waals surface area contributed by atoms with Gasteiger partial charge >= 0.3 is 0 Å². The van der Waals surface area contributed by atoms with Crippen LogP contribution in [0.15, 0.2) is 18.2 Å². The van der Waals surface area contributed by atoms with E-state index < -0.39 is 6.04 Å². The predicted molar refractivity (Wildman–Crippen MR) is 63.2 cm³/mol. The Labute approximate surface area is 98.9 Å². The summed E-state index contributed by atoms with van der Waals surface area (Å²) in [5.74, 6) is 0.303. The third-order valence-electron chi connectivity index (χ3n) is 2.54. The molecule has 1 aliphatic heterocycles. The molecular weight excluding hydrogens is 220 g/mol. The van der Waals surface area contributed by atoms with Gasteiger partial charge in [0.05, 0.1) is 24.8 Å². The normalized spacial score (nSPS) is 16.2. The fourth-order valence-corrected chi connectivity index (χ4v) is 1.64. The van der Waals surface area contributed by atoms with Crippen LogP contribution in [0.2, 0.25) is 0 Å². The summed E-state index contributed by atoms with van der Waals surface area (Å²) in [5.41, 5.74) is 6.54. The lowest BCUT2D eigenvalue weighted by molar-refractivity contribution is -0.116. The van der Waals surface area contributed by atoms with E-state index >= 15 is 0 Å². The summed E-state index contributed by atoms with van der Waals surface area (Å²) in [5, 5.41) is 2.70. The molecule has 3 N–H and O–H groups in total. The van der Waals surface area contributed by atoms with Crippen LogP contribution in [0.5, 0.6) is 5.75 Å².